The zero-order chi connectivity index (χ0) is 11.6. The fourth-order valence-electron chi connectivity index (χ4n) is 2.14. The Balaban J connectivity index is 2.10. The minimum absolute atomic E-state index is 0.394. The number of rotatable bonds is 3. The molecule has 0 aromatic carbocycles. The Bertz CT molecular complexity index is 348. The van der Waals surface area contributed by atoms with Gasteiger partial charge in [0.2, 0.25) is 0 Å². The van der Waals surface area contributed by atoms with Crippen molar-refractivity contribution in [2.45, 2.75) is 32.6 Å². The average Bonchev–Trinajstić information content (AvgIpc) is 3.02. The summed E-state index contributed by atoms with van der Waals surface area (Å²) in [5.74, 6) is 0.575. The zero-order valence-electron chi connectivity index (χ0n) is 9.88. The van der Waals surface area contributed by atoms with E-state index in [0.29, 0.717) is 11.3 Å². The van der Waals surface area contributed by atoms with Crippen LogP contribution in [0.2, 0.25) is 0 Å². The predicted octanol–water partition coefficient (Wildman–Crippen LogP) is 3.76. The van der Waals surface area contributed by atoms with E-state index in [1.807, 2.05) is 6.08 Å². The third kappa shape index (κ3) is 2.99. The van der Waals surface area contributed by atoms with Gasteiger partial charge in [-0.1, -0.05) is 30.7 Å². The fourth-order valence-corrected chi connectivity index (χ4v) is 2.36. The van der Waals surface area contributed by atoms with Crippen LogP contribution in [0.5, 0.6) is 0 Å². The molecule has 88 valence electrons. The molecule has 2 N–H and O–H groups in total. The van der Waals surface area contributed by atoms with E-state index in [-0.39, 0.29) is 0 Å². The predicted molar refractivity (Wildman–Crippen MR) is 70.3 cm³/mol. The first-order valence-corrected chi connectivity index (χ1v) is 6.46. The van der Waals surface area contributed by atoms with Crippen molar-refractivity contribution in [2.24, 2.45) is 17.1 Å². The van der Waals surface area contributed by atoms with E-state index < -0.39 is 0 Å². The molecular formula is C14H20ClN. The van der Waals surface area contributed by atoms with Gasteiger partial charge in [0.05, 0.1) is 0 Å². The van der Waals surface area contributed by atoms with E-state index in [2.05, 4.69) is 25.2 Å². The van der Waals surface area contributed by atoms with Crippen LogP contribution in [0.1, 0.15) is 32.6 Å². The number of hydrogen-bond acceptors (Lipinski definition) is 1. The molecule has 0 aromatic heterocycles. The van der Waals surface area contributed by atoms with Gasteiger partial charge in [0.15, 0.2) is 0 Å². The van der Waals surface area contributed by atoms with Gasteiger partial charge >= 0.3 is 0 Å². The summed E-state index contributed by atoms with van der Waals surface area (Å²) < 4.78 is 0. The van der Waals surface area contributed by atoms with E-state index >= 15 is 0 Å². The van der Waals surface area contributed by atoms with Crippen molar-refractivity contribution >= 4 is 11.6 Å². The van der Waals surface area contributed by atoms with Crippen LogP contribution < -0.4 is 5.73 Å². The first-order valence-electron chi connectivity index (χ1n) is 6.08. The smallest absolute Gasteiger partial charge is 0.0405 e. The van der Waals surface area contributed by atoms with Gasteiger partial charge in [-0.2, -0.15) is 0 Å². The molecule has 2 heteroatoms. The van der Waals surface area contributed by atoms with Crippen molar-refractivity contribution in [2.75, 3.05) is 6.54 Å². The lowest BCUT2D eigenvalue weighted by molar-refractivity contribution is 0.521. The Hall–Kier alpha value is -0.530. The van der Waals surface area contributed by atoms with Crippen molar-refractivity contribution in [3.63, 3.8) is 0 Å². The van der Waals surface area contributed by atoms with Crippen molar-refractivity contribution < 1.29 is 0 Å². The fraction of sp³-hybridized carbons (Fsp3) is 0.571. The van der Waals surface area contributed by atoms with E-state index in [1.165, 1.54) is 18.4 Å². The van der Waals surface area contributed by atoms with Crippen LogP contribution in [0, 0.1) is 11.3 Å². The van der Waals surface area contributed by atoms with Crippen molar-refractivity contribution in [1.29, 1.82) is 0 Å². The molecule has 0 radical (unpaired) electrons. The summed E-state index contributed by atoms with van der Waals surface area (Å²) in [4.78, 5) is 0. The van der Waals surface area contributed by atoms with Gasteiger partial charge in [0, 0.05) is 5.03 Å². The molecule has 0 spiro atoms. The minimum Gasteiger partial charge on any atom is -0.330 e. The third-order valence-corrected chi connectivity index (χ3v) is 3.86. The number of halogens is 1. The molecule has 0 heterocycles. The molecule has 2 aliphatic rings. The highest BCUT2D eigenvalue weighted by Crippen LogP contribution is 2.50. The first kappa shape index (κ1) is 11.9. The molecule has 0 saturated heterocycles. The Morgan fingerprint density at radius 2 is 2.25 bits per heavy atom. The lowest BCUT2D eigenvalue weighted by atomic mass is 9.93. The maximum atomic E-state index is 6.15. The van der Waals surface area contributed by atoms with Gasteiger partial charge < -0.3 is 5.73 Å². The van der Waals surface area contributed by atoms with Crippen LogP contribution in [0.3, 0.4) is 0 Å². The Morgan fingerprint density at radius 1 is 1.50 bits per heavy atom. The average molecular weight is 238 g/mol. The Labute approximate surface area is 103 Å². The molecule has 1 saturated carbocycles. The molecule has 1 atom stereocenters. The maximum Gasteiger partial charge on any atom is 0.0405 e. The number of allylic oxidation sites excluding steroid dienone is 6. The van der Waals surface area contributed by atoms with E-state index in [4.69, 9.17) is 17.3 Å². The minimum atomic E-state index is 0.394. The normalized spacial score (nSPS) is 27.8. The van der Waals surface area contributed by atoms with Crippen LogP contribution in [0.4, 0.5) is 0 Å². The second-order valence-corrected chi connectivity index (χ2v) is 5.70. The molecule has 0 aromatic rings. The lowest BCUT2D eigenvalue weighted by Crippen LogP contribution is -2.15. The molecule has 0 bridgehead atoms. The van der Waals surface area contributed by atoms with Crippen molar-refractivity contribution in [3.8, 4) is 0 Å². The SMILES string of the molecule is CC1C=CC(Cl)=CC(CC2(CN)CC2)=CC1. The highest BCUT2D eigenvalue weighted by molar-refractivity contribution is 6.31. The van der Waals surface area contributed by atoms with E-state index in [0.717, 1.165) is 24.4 Å². The molecule has 0 aliphatic heterocycles. The number of hydrogen-bond donors (Lipinski definition) is 1. The molecule has 0 amide bonds. The van der Waals surface area contributed by atoms with Gasteiger partial charge in [-0.05, 0) is 61.3 Å². The molecule has 2 rings (SSSR count). The number of nitrogens with two attached hydrogens (primary N) is 1. The van der Waals surface area contributed by atoms with Crippen LogP contribution in [0.15, 0.2) is 34.9 Å². The summed E-state index contributed by atoms with van der Waals surface area (Å²) in [7, 11) is 0. The quantitative estimate of drug-likeness (QED) is 0.795. The maximum absolute atomic E-state index is 6.15. The monoisotopic (exact) mass is 237 g/mol. The van der Waals surface area contributed by atoms with Crippen LogP contribution in [0.25, 0.3) is 0 Å². The summed E-state index contributed by atoms with van der Waals surface area (Å²) >= 11 is 6.15. The summed E-state index contributed by atoms with van der Waals surface area (Å²) in [5.41, 5.74) is 7.58. The highest BCUT2D eigenvalue weighted by Gasteiger charge is 2.41. The lowest BCUT2D eigenvalue weighted by Gasteiger charge is -2.15. The molecule has 1 nitrogen and oxygen atoms in total. The Morgan fingerprint density at radius 3 is 2.88 bits per heavy atom. The topological polar surface area (TPSA) is 26.0 Å². The molecular weight excluding hydrogens is 218 g/mol. The Kier molecular flexibility index (Phi) is 3.56. The standard InChI is InChI=1S/C14H20ClN/c1-11-2-4-12(8-13(15)5-3-11)9-14(10-16)6-7-14/h3-5,8,11H,2,6-7,9-10,16H2,1H3. The highest BCUT2D eigenvalue weighted by atomic mass is 35.5. The third-order valence-electron chi connectivity index (χ3n) is 3.63. The van der Waals surface area contributed by atoms with Crippen molar-refractivity contribution in [1.82, 2.24) is 0 Å². The summed E-state index contributed by atoms with van der Waals surface area (Å²) in [6.07, 6.45) is 13.4. The first-order chi connectivity index (χ1) is 7.63. The van der Waals surface area contributed by atoms with Crippen molar-refractivity contribution in [3.05, 3.63) is 34.9 Å². The molecule has 1 fully saturated rings. The largest absolute Gasteiger partial charge is 0.330 e. The van der Waals surface area contributed by atoms with E-state index in [9.17, 15) is 0 Å². The zero-order valence-corrected chi connectivity index (χ0v) is 10.6. The van der Waals surface area contributed by atoms with Gasteiger partial charge in [0.1, 0.15) is 0 Å². The van der Waals surface area contributed by atoms with Gasteiger partial charge in [-0.15, -0.1) is 0 Å². The van der Waals surface area contributed by atoms with Crippen LogP contribution >= 0.6 is 11.6 Å². The molecule has 1 unspecified atom stereocenters. The van der Waals surface area contributed by atoms with Crippen LogP contribution in [-0.4, -0.2) is 6.54 Å². The molecule has 16 heavy (non-hydrogen) atoms. The van der Waals surface area contributed by atoms with Gasteiger partial charge in [-0.25, -0.2) is 0 Å². The second kappa shape index (κ2) is 4.77. The molecule has 2 aliphatic carbocycles. The van der Waals surface area contributed by atoms with Crippen LogP contribution in [-0.2, 0) is 0 Å². The summed E-state index contributed by atoms with van der Waals surface area (Å²) in [6, 6.07) is 0. The second-order valence-electron chi connectivity index (χ2n) is 5.26. The van der Waals surface area contributed by atoms with Gasteiger partial charge in [-0.3, -0.25) is 0 Å². The summed E-state index contributed by atoms with van der Waals surface area (Å²) in [5, 5.41) is 0.839. The van der Waals surface area contributed by atoms with E-state index in [1.54, 1.807) is 0 Å². The van der Waals surface area contributed by atoms with Gasteiger partial charge in [0.25, 0.3) is 0 Å². The summed E-state index contributed by atoms with van der Waals surface area (Å²) in [6.45, 7) is 3.02.